The molecule has 1 aliphatic carbocycles. The van der Waals surface area contributed by atoms with Crippen LogP contribution >= 0.6 is 0 Å². The highest BCUT2D eigenvalue weighted by atomic mass is 16.3. The van der Waals surface area contributed by atoms with Gasteiger partial charge in [-0.2, -0.15) is 0 Å². The van der Waals surface area contributed by atoms with E-state index in [-0.39, 0.29) is 12.1 Å². The molecule has 0 aromatic heterocycles. The van der Waals surface area contributed by atoms with Crippen LogP contribution in [0.5, 0.6) is 0 Å². The van der Waals surface area contributed by atoms with E-state index in [4.69, 9.17) is 0 Å². The third kappa shape index (κ3) is 2.81. The summed E-state index contributed by atoms with van der Waals surface area (Å²) in [5.74, 6) is 0. The minimum Gasteiger partial charge on any atom is -0.394 e. The zero-order valence-corrected chi connectivity index (χ0v) is 11.1. The normalized spacial score (nSPS) is 27.1. The van der Waals surface area contributed by atoms with Crippen molar-refractivity contribution in [1.29, 1.82) is 0 Å². The SMILES string of the molecule is Cc1cccc(NC2(CO)CCC(C)(C)C2)c1. The lowest BCUT2D eigenvalue weighted by Crippen LogP contribution is -2.40. The molecule has 2 nitrogen and oxygen atoms in total. The van der Waals surface area contributed by atoms with E-state index in [9.17, 15) is 5.11 Å². The molecular formula is C15H23NO. The Morgan fingerprint density at radius 1 is 1.29 bits per heavy atom. The van der Waals surface area contributed by atoms with Crippen molar-refractivity contribution in [3.63, 3.8) is 0 Å². The van der Waals surface area contributed by atoms with Gasteiger partial charge < -0.3 is 10.4 Å². The molecule has 1 saturated carbocycles. The van der Waals surface area contributed by atoms with Crippen LogP contribution in [-0.2, 0) is 0 Å². The van der Waals surface area contributed by atoms with Crippen molar-refractivity contribution in [2.75, 3.05) is 11.9 Å². The second-order valence-corrected chi connectivity index (χ2v) is 6.27. The molecule has 1 fully saturated rings. The smallest absolute Gasteiger partial charge is 0.0661 e. The van der Waals surface area contributed by atoms with Gasteiger partial charge in [0.2, 0.25) is 0 Å². The number of aliphatic hydroxyl groups excluding tert-OH is 1. The van der Waals surface area contributed by atoms with E-state index >= 15 is 0 Å². The van der Waals surface area contributed by atoms with E-state index in [1.807, 2.05) is 0 Å². The van der Waals surface area contributed by atoms with Crippen LogP contribution in [0, 0.1) is 12.3 Å². The summed E-state index contributed by atoms with van der Waals surface area (Å²) in [5.41, 5.74) is 2.58. The lowest BCUT2D eigenvalue weighted by atomic mass is 9.88. The summed E-state index contributed by atoms with van der Waals surface area (Å²) in [6.45, 7) is 6.87. The Hall–Kier alpha value is -1.02. The van der Waals surface area contributed by atoms with E-state index in [2.05, 4.69) is 50.4 Å². The van der Waals surface area contributed by atoms with Crippen LogP contribution in [-0.4, -0.2) is 17.3 Å². The van der Waals surface area contributed by atoms with E-state index in [0.717, 1.165) is 18.5 Å². The van der Waals surface area contributed by atoms with Crippen LogP contribution in [0.15, 0.2) is 24.3 Å². The van der Waals surface area contributed by atoms with Gasteiger partial charge in [-0.15, -0.1) is 0 Å². The van der Waals surface area contributed by atoms with E-state index in [1.54, 1.807) is 0 Å². The van der Waals surface area contributed by atoms with Crippen molar-refractivity contribution >= 4 is 5.69 Å². The number of aryl methyl sites for hydroxylation is 1. The molecule has 2 rings (SSSR count). The predicted molar refractivity (Wildman–Crippen MR) is 72.3 cm³/mol. The predicted octanol–water partition coefficient (Wildman–Crippen LogP) is 3.35. The Labute approximate surface area is 104 Å². The Balaban J connectivity index is 2.16. The second-order valence-electron chi connectivity index (χ2n) is 6.27. The monoisotopic (exact) mass is 233 g/mol. The Kier molecular flexibility index (Phi) is 3.17. The van der Waals surface area contributed by atoms with Gasteiger partial charge in [0.25, 0.3) is 0 Å². The zero-order valence-electron chi connectivity index (χ0n) is 11.1. The maximum absolute atomic E-state index is 9.72. The molecule has 0 bridgehead atoms. The second kappa shape index (κ2) is 4.34. The first-order chi connectivity index (χ1) is 7.95. The Morgan fingerprint density at radius 2 is 2.06 bits per heavy atom. The molecule has 1 unspecified atom stereocenters. The summed E-state index contributed by atoms with van der Waals surface area (Å²) < 4.78 is 0. The van der Waals surface area contributed by atoms with Crippen LogP contribution in [0.1, 0.15) is 38.7 Å². The highest BCUT2D eigenvalue weighted by Gasteiger charge is 2.42. The van der Waals surface area contributed by atoms with E-state index in [0.29, 0.717) is 5.41 Å². The molecule has 1 aromatic rings. The van der Waals surface area contributed by atoms with E-state index in [1.165, 1.54) is 12.0 Å². The molecule has 0 aliphatic heterocycles. The zero-order chi connectivity index (χ0) is 12.5. The fourth-order valence-corrected chi connectivity index (χ4v) is 2.98. The summed E-state index contributed by atoms with van der Waals surface area (Å²) >= 11 is 0. The van der Waals surface area contributed by atoms with Gasteiger partial charge in [-0.1, -0.05) is 26.0 Å². The first-order valence-corrected chi connectivity index (χ1v) is 6.41. The fourth-order valence-electron chi connectivity index (χ4n) is 2.98. The van der Waals surface area contributed by atoms with Crippen molar-refractivity contribution in [2.45, 2.75) is 45.6 Å². The van der Waals surface area contributed by atoms with Gasteiger partial charge in [0, 0.05) is 5.69 Å². The van der Waals surface area contributed by atoms with Crippen molar-refractivity contribution in [3.05, 3.63) is 29.8 Å². The highest BCUT2D eigenvalue weighted by molar-refractivity contribution is 5.48. The third-order valence-corrected chi connectivity index (χ3v) is 3.83. The molecular weight excluding hydrogens is 210 g/mol. The van der Waals surface area contributed by atoms with Gasteiger partial charge in [-0.25, -0.2) is 0 Å². The fraction of sp³-hybridized carbons (Fsp3) is 0.600. The van der Waals surface area contributed by atoms with Crippen molar-refractivity contribution < 1.29 is 5.11 Å². The van der Waals surface area contributed by atoms with Crippen LogP contribution in [0.25, 0.3) is 0 Å². The van der Waals surface area contributed by atoms with Crippen LogP contribution in [0.3, 0.4) is 0 Å². The van der Waals surface area contributed by atoms with Gasteiger partial charge in [-0.05, 0) is 49.3 Å². The van der Waals surface area contributed by atoms with Crippen LogP contribution < -0.4 is 5.32 Å². The molecule has 0 heterocycles. The Morgan fingerprint density at radius 3 is 2.59 bits per heavy atom. The van der Waals surface area contributed by atoms with Gasteiger partial charge in [0.05, 0.1) is 12.1 Å². The number of rotatable bonds is 3. The number of hydrogen-bond donors (Lipinski definition) is 2. The number of anilines is 1. The number of hydrogen-bond acceptors (Lipinski definition) is 2. The van der Waals surface area contributed by atoms with Gasteiger partial charge in [0.15, 0.2) is 0 Å². The molecule has 2 N–H and O–H groups in total. The van der Waals surface area contributed by atoms with Gasteiger partial charge in [0.1, 0.15) is 0 Å². The summed E-state index contributed by atoms with van der Waals surface area (Å²) in [7, 11) is 0. The third-order valence-electron chi connectivity index (χ3n) is 3.83. The first-order valence-electron chi connectivity index (χ1n) is 6.41. The molecule has 0 spiro atoms. The molecule has 94 valence electrons. The van der Waals surface area contributed by atoms with E-state index < -0.39 is 0 Å². The minimum absolute atomic E-state index is 0.128. The van der Waals surface area contributed by atoms with Crippen molar-refractivity contribution in [2.24, 2.45) is 5.41 Å². The average molecular weight is 233 g/mol. The number of nitrogens with one attached hydrogen (secondary N) is 1. The molecule has 1 atom stereocenters. The largest absolute Gasteiger partial charge is 0.394 e. The maximum Gasteiger partial charge on any atom is 0.0661 e. The van der Waals surface area contributed by atoms with Crippen LogP contribution in [0.2, 0.25) is 0 Å². The summed E-state index contributed by atoms with van der Waals surface area (Å²) in [4.78, 5) is 0. The lowest BCUT2D eigenvalue weighted by molar-refractivity contribution is 0.202. The number of aliphatic hydroxyl groups is 1. The summed E-state index contributed by atoms with van der Waals surface area (Å²) in [6.07, 6.45) is 3.25. The van der Waals surface area contributed by atoms with Crippen molar-refractivity contribution in [3.8, 4) is 0 Å². The molecule has 1 aromatic carbocycles. The first kappa shape index (κ1) is 12.4. The standard InChI is InChI=1S/C15H23NO/c1-12-5-4-6-13(9-12)16-15(11-17)8-7-14(2,3)10-15/h4-6,9,16-17H,7-8,10-11H2,1-3H3. The lowest BCUT2D eigenvalue weighted by Gasteiger charge is -2.31. The summed E-state index contributed by atoms with van der Waals surface area (Å²) in [5, 5.41) is 13.3. The Bertz CT molecular complexity index is 400. The maximum atomic E-state index is 9.72. The molecule has 0 radical (unpaired) electrons. The highest BCUT2D eigenvalue weighted by Crippen LogP contribution is 2.44. The molecule has 2 heteroatoms. The van der Waals surface area contributed by atoms with Crippen molar-refractivity contribution in [1.82, 2.24) is 0 Å². The topological polar surface area (TPSA) is 32.3 Å². The molecule has 17 heavy (non-hydrogen) atoms. The van der Waals surface area contributed by atoms with Crippen LogP contribution in [0.4, 0.5) is 5.69 Å². The quantitative estimate of drug-likeness (QED) is 0.839. The number of benzene rings is 1. The minimum atomic E-state index is -0.128. The average Bonchev–Trinajstić information content (AvgIpc) is 2.55. The summed E-state index contributed by atoms with van der Waals surface area (Å²) in [6, 6.07) is 8.37. The molecule has 0 amide bonds. The molecule has 1 aliphatic rings. The molecule has 0 saturated heterocycles. The van der Waals surface area contributed by atoms with Gasteiger partial charge >= 0.3 is 0 Å². The van der Waals surface area contributed by atoms with Gasteiger partial charge in [-0.3, -0.25) is 0 Å².